The first kappa shape index (κ1) is 14.7. The van der Waals surface area contributed by atoms with Gasteiger partial charge in [-0.1, -0.05) is 32.0 Å². The van der Waals surface area contributed by atoms with E-state index in [1.54, 1.807) is 0 Å². The quantitative estimate of drug-likeness (QED) is 0.839. The monoisotopic (exact) mass is 248 g/mol. The number of para-hydroxylation sites is 1. The van der Waals surface area contributed by atoms with Crippen LogP contribution in [0.3, 0.4) is 0 Å². The van der Waals surface area contributed by atoms with Crippen LogP contribution in [-0.4, -0.2) is 31.4 Å². The van der Waals surface area contributed by atoms with Gasteiger partial charge in [0.1, 0.15) is 0 Å². The Morgan fingerprint density at radius 1 is 1.28 bits per heavy atom. The Labute approximate surface area is 110 Å². The van der Waals surface area contributed by atoms with Gasteiger partial charge in [0.05, 0.1) is 0 Å². The summed E-state index contributed by atoms with van der Waals surface area (Å²) in [6.45, 7) is 5.22. The molecule has 0 spiro atoms. The molecule has 0 saturated heterocycles. The van der Waals surface area contributed by atoms with Gasteiger partial charge in [0, 0.05) is 12.1 Å². The summed E-state index contributed by atoms with van der Waals surface area (Å²) in [7, 11) is 4.04. The molecule has 0 unspecified atom stereocenters. The molecule has 0 aromatic heterocycles. The lowest BCUT2D eigenvalue weighted by molar-refractivity contribution is -0.116. The van der Waals surface area contributed by atoms with Crippen LogP contribution < -0.4 is 5.32 Å². The number of carbonyl (C=O) groups is 1. The molecule has 3 nitrogen and oxygen atoms in total. The van der Waals surface area contributed by atoms with Crippen molar-refractivity contribution in [2.24, 2.45) is 0 Å². The van der Waals surface area contributed by atoms with Crippen molar-refractivity contribution < 1.29 is 4.79 Å². The minimum atomic E-state index is 0.102. The number of carbonyl (C=O) groups excluding carboxylic acids is 1. The molecule has 0 radical (unpaired) electrons. The number of anilines is 1. The third-order valence-corrected chi connectivity index (χ3v) is 2.87. The first-order valence-electron chi connectivity index (χ1n) is 6.54. The van der Waals surface area contributed by atoms with E-state index in [9.17, 15) is 4.79 Å². The van der Waals surface area contributed by atoms with Crippen LogP contribution in [0.1, 0.15) is 38.2 Å². The normalized spacial score (nSPS) is 11.0. The lowest BCUT2D eigenvalue weighted by Gasteiger charge is -2.14. The molecule has 0 bridgehead atoms. The van der Waals surface area contributed by atoms with Gasteiger partial charge in [-0.05, 0) is 44.6 Å². The highest BCUT2D eigenvalue weighted by Crippen LogP contribution is 2.23. The summed E-state index contributed by atoms with van der Waals surface area (Å²) in [5.41, 5.74) is 2.14. The maximum atomic E-state index is 11.8. The van der Waals surface area contributed by atoms with Crippen molar-refractivity contribution in [1.82, 2.24) is 4.90 Å². The second kappa shape index (κ2) is 7.17. The molecular formula is C15H24N2O. The molecule has 100 valence electrons. The Morgan fingerprint density at radius 2 is 1.94 bits per heavy atom. The summed E-state index contributed by atoms with van der Waals surface area (Å²) in [5.74, 6) is 0.522. The number of benzene rings is 1. The molecule has 0 atom stereocenters. The van der Waals surface area contributed by atoms with Gasteiger partial charge in [-0.25, -0.2) is 0 Å². The van der Waals surface area contributed by atoms with Crippen LogP contribution in [0.15, 0.2) is 24.3 Å². The minimum Gasteiger partial charge on any atom is -0.326 e. The number of nitrogens with one attached hydrogen (secondary N) is 1. The molecule has 3 heteroatoms. The molecule has 0 aliphatic rings. The fourth-order valence-corrected chi connectivity index (χ4v) is 1.88. The van der Waals surface area contributed by atoms with Gasteiger partial charge in [-0.3, -0.25) is 4.79 Å². The van der Waals surface area contributed by atoms with Crippen molar-refractivity contribution in [3.05, 3.63) is 29.8 Å². The average Bonchev–Trinajstić information content (AvgIpc) is 2.28. The highest BCUT2D eigenvalue weighted by molar-refractivity contribution is 5.91. The van der Waals surface area contributed by atoms with Gasteiger partial charge in [0.2, 0.25) is 5.91 Å². The van der Waals surface area contributed by atoms with E-state index >= 15 is 0 Å². The summed E-state index contributed by atoms with van der Waals surface area (Å²) < 4.78 is 0. The number of hydrogen-bond donors (Lipinski definition) is 1. The van der Waals surface area contributed by atoms with Crippen LogP contribution in [-0.2, 0) is 4.79 Å². The van der Waals surface area contributed by atoms with Crippen LogP contribution in [0.25, 0.3) is 0 Å². The van der Waals surface area contributed by atoms with E-state index in [1.165, 1.54) is 5.56 Å². The van der Waals surface area contributed by atoms with Crippen LogP contribution in [0.5, 0.6) is 0 Å². The van der Waals surface area contributed by atoms with Gasteiger partial charge in [-0.2, -0.15) is 0 Å². The molecule has 0 aliphatic carbocycles. The highest BCUT2D eigenvalue weighted by Gasteiger charge is 2.08. The maximum Gasteiger partial charge on any atom is 0.224 e. The molecular weight excluding hydrogens is 224 g/mol. The van der Waals surface area contributed by atoms with Gasteiger partial charge in [-0.15, -0.1) is 0 Å². The zero-order chi connectivity index (χ0) is 13.5. The Bertz CT molecular complexity index is 386. The Hall–Kier alpha value is -1.35. The zero-order valence-corrected chi connectivity index (χ0v) is 11.9. The first-order chi connectivity index (χ1) is 8.50. The van der Waals surface area contributed by atoms with E-state index in [0.717, 1.165) is 18.7 Å². The van der Waals surface area contributed by atoms with E-state index in [0.29, 0.717) is 12.3 Å². The van der Waals surface area contributed by atoms with E-state index in [1.807, 2.05) is 32.3 Å². The lowest BCUT2D eigenvalue weighted by atomic mass is 10.0. The lowest BCUT2D eigenvalue weighted by Crippen LogP contribution is -2.17. The molecule has 1 aromatic carbocycles. The smallest absolute Gasteiger partial charge is 0.224 e. The van der Waals surface area contributed by atoms with Gasteiger partial charge >= 0.3 is 0 Å². The number of nitrogens with zero attached hydrogens (tertiary/aromatic N) is 1. The summed E-state index contributed by atoms with van der Waals surface area (Å²) in [5, 5.41) is 3.01. The molecule has 1 N–H and O–H groups in total. The van der Waals surface area contributed by atoms with E-state index in [-0.39, 0.29) is 5.91 Å². The van der Waals surface area contributed by atoms with E-state index in [4.69, 9.17) is 0 Å². The van der Waals surface area contributed by atoms with Crippen molar-refractivity contribution >= 4 is 11.6 Å². The summed E-state index contributed by atoms with van der Waals surface area (Å²) in [4.78, 5) is 13.9. The topological polar surface area (TPSA) is 32.3 Å². The number of rotatable bonds is 6. The van der Waals surface area contributed by atoms with Gasteiger partial charge < -0.3 is 10.2 Å². The van der Waals surface area contributed by atoms with Crippen molar-refractivity contribution in [3.8, 4) is 0 Å². The van der Waals surface area contributed by atoms with Crippen LogP contribution in [0, 0.1) is 0 Å². The van der Waals surface area contributed by atoms with Crippen LogP contribution >= 0.6 is 0 Å². The third-order valence-electron chi connectivity index (χ3n) is 2.87. The van der Waals surface area contributed by atoms with Gasteiger partial charge in [0.25, 0.3) is 0 Å². The van der Waals surface area contributed by atoms with Crippen molar-refractivity contribution in [2.45, 2.75) is 32.6 Å². The highest BCUT2D eigenvalue weighted by atomic mass is 16.1. The first-order valence-corrected chi connectivity index (χ1v) is 6.54. The SMILES string of the molecule is CC(C)c1ccccc1NC(=O)CCCN(C)C. The maximum absolute atomic E-state index is 11.8. The summed E-state index contributed by atoms with van der Waals surface area (Å²) in [6, 6.07) is 8.01. The number of amides is 1. The molecule has 0 heterocycles. The molecule has 1 aromatic rings. The average molecular weight is 248 g/mol. The summed E-state index contributed by atoms with van der Waals surface area (Å²) >= 11 is 0. The van der Waals surface area contributed by atoms with Crippen LogP contribution in [0.4, 0.5) is 5.69 Å². The Morgan fingerprint density at radius 3 is 2.56 bits per heavy atom. The second-order valence-electron chi connectivity index (χ2n) is 5.20. The molecule has 0 fully saturated rings. The molecule has 0 aliphatic heterocycles. The molecule has 0 saturated carbocycles. The fourth-order valence-electron chi connectivity index (χ4n) is 1.88. The Balaban J connectivity index is 2.54. The largest absolute Gasteiger partial charge is 0.326 e. The fraction of sp³-hybridized carbons (Fsp3) is 0.533. The standard InChI is InChI=1S/C15H24N2O/c1-12(2)13-8-5-6-9-14(13)16-15(18)10-7-11-17(3)4/h5-6,8-9,12H,7,10-11H2,1-4H3,(H,16,18). The third kappa shape index (κ3) is 4.88. The van der Waals surface area contributed by atoms with Crippen molar-refractivity contribution in [3.63, 3.8) is 0 Å². The van der Waals surface area contributed by atoms with Crippen LogP contribution in [0.2, 0.25) is 0 Å². The van der Waals surface area contributed by atoms with E-state index < -0.39 is 0 Å². The van der Waals surface area contributed by atoms with Gasteiger partial charge in [0.15, 0.2) is 0 Å². The van der Waals surface area contributed by atoms with E-state index in [2.05, 4.69) is 30.1 Å². The molecule has 18 heavy (non-hydrogen) atoms. The predicted molar refractivity (Wildman–Crippen MR) is 76.9 cm³/mol. The van der Waals surface area contributed by atoms with Crippen molar-refractivity contribution in [2.75, 3.05) is 26.0 Å². The predicted octanol–water partition coefficient (Wildman–Crippen LogP) is 3.09. The number of hydrogen-bond acceptors (Lipinski definition) is 2. The molecule has 1 rings (SSSR count). The van der Waals surface area contributed by atoms with Crippen molar-refractivity contribution in [1.29, 1.82) is 0 Å². The zero-order valence-electron chi connectivity index (χ0n) is 11.9. The second-order valence-corrected chi connectivity index (χ2v) is 5.20. The summed E-state index contributed by atoms with van der Waals surface area (Å²) in [6.07, 6.45) is 1.47. The molecule has 1 amide bonds. The Kier molecular flexibility index (Phi) is 5.86. The minimum absolute atomic E-state index is 0.102.